The van der Waals surface area contributed by atoms with E-state index in [-0.39, 0.29) is 0 Å². The lowest BCUT2D eigenvalue weighted by Gasteiger charge is -2.29. The Kier molecular flexibility index (Phi) is 6.46. The first kappa shape index (κ1) is 22.6. The summed E-state index contributed by atoms with van der Waals surface area (Å²) in [6.45, 7) is 7.40. The van der Waals surface area contributed by atoms with E-state index in [1.165, 1.54) is 0 Å². The van der Waals surface area contributed by atoms with Crippen molar-refractivity contribution < 1.29 is 14.2 Å². The molecule has 3 aliphatic heterocycles. The first-order valence-electron chi connectivity index (χ1n) is 12.8. The average molecular weight is 475 g/mol. The minimum absolute atomic E-state index is 0.317. The summed E-state index contributed by atoms with van der Waals surface area (Å²) in [5.74, 6) is 2.82. The highest BCUT2D eigenvalue weighted by atomic mass is 16.5. The van der Waals surface area contributed by atoms with Crippen molar-refractivity contribution in [3.8, 4) is 28.3 Å². The van der Waals surface area contributed by atoms with Crippen molar-refractivity contribution in [3.63, 3.8) is 0 Å². The lowest BCUT2D eigenvalue weighted by atomic mass is 10.0. The zero-order valence-electron chi connectivity index (χ0n) is 20.5. The Balaban J connectivity index is 1.13. The van der Waals surface area contributed by atoms with Crippen molar-refractivity contribution in [1.82, 2.24) is 19.4 Å². The van der Waals surface area contributed by atoms with Gasteiger partial charge in [0.2, 0.25) is 0 Å². The maximum absolute atomic E-state index is 6.21. The van der Waals surface area contributed by atoms with Crippen LogP contribution in [0.25, 0.3) is 16.8 Å². The SMILES string of the molecule is CN1CCC(Oc2ccc(-c3ccc4c(c3)OCc3nc(CCN5CCOCC5)cn3-4)cc2)CC1. The Hall–Kier alpha value is -2.87. The molecule has 0 spiro atoms. The molecular weight excluding hydrogens is 440 g/mol. The third kappa shape index (κ3) is 5.08. The maximum Gasteiger partial charge on any atom is 0.151 e. The van der Waals surface area contributed by atoms with E-state index in [2.05, 4.69) is 70.1 Å². The molecule has 0 amide bonds. The highest BCUT2D eigenvalue weighted by Crippen LogP contribution is 2.35. The molecule has 2 fully saturated rings. The van der Waals surface area contributed by atoms with Crippen molar-refractivity contribution >= 4 is 0 Å². The summed E-state index contributed by atoms with van der Waals surface area (Å²) in [5, 5.41) is 0. The van der Waals surface area contributed by atoms with Gasteiger partial charge >= 0.3 is 0 Å². The van der Waals surface area contributed by atoms with Crippen LogP contribution in [0.2, 0.25) is 0 Å². The fourth-order valence-corrected chi connectivity index (χ4v) is 5.17. The standard InChI is InChI=1S/C28H34N4O3/c1-30-11-9-25(10-12-30)35-24-5-2-21(3-6-24)22-4-7-26-27(18-22)34-20-28-29-23(19-32(26)28)8-13-31-14-16-33-17-15-31/h2-7,18-19,25H,8-17,20H2,1H3. The molecule has 7 heteroatoms. The minimum atomic E-state index is 0.317. The van der Waals surface area contributed by atoms with Gasteiger partial charge in [0.15, 0.2) is 5.82 Å². The monoisotopic (exact) mass is 474 g/mol. The molecule has 0 atom stereocenters. The summed E-state index contributed by atoms with van der Waals surface area (Å²) >= 11 is 0. The molecular formula is C28H34N4O3. The summed E-state index contributed by atoms with van der Waals surface area (Å²) in [4.78, 5) is 9.65. The van der Waals surface area contributed by atoms with E-state index in [9.17, 15) is 0 Å². The van der Waals surface area contributed by atoms with E-state index in [1.807, 2.05) is 0 Å². The highest BCUT2D eigenvalue weighted by molar-refractivity contribution is 5.69. The molecule has 0 aliphatic carbocycles. The summed E-state index contributed by atoms with van der Waals surface area (Å²) in [6.07, 6.45) is 5.61. The zero-order chi connectivity index (χ0) is 23.6. The largest absolute Gasteiger partial charge is 0.490 e. The fourth-order valence-electron chi connectivity index (χ4n) is 5.17. The number of rotatable bonds is 6. The van der Waals surface area contributed by atoms with Gasteiger partial charge < -0.3 is 19.1 Å². The highest BCUT2D eigenvalue weighted by Gasteiger charge is 2.21. The first-order valence-corrected chi connectivity index (χ1v) is 12.8. The molecule has 0 radical (unpaired) electrons. The van der Waals surface area contributed by atoms with Crippen LogP contribution in [0, 0.1) is 0 Å². The van der Waals surface area contributed by atoms with Gasteiger partial charge in [-0.3, -0.25) is 9.47 Å². The van der Waals surface area contributed by atoms with Gasteiger partial charge in [0.25, 0.3) is 0 Å². The lowest BCUT2D eigenvalue weighted by molar-refractivity contribution is 0.0383. The number of hydrogen-bond donors (Lipinski definition) is 0. The third-order valence-corrected chi connectivity index (χ3v) is 7.35. The van der Waals surface area contributed by atoms with Crippen LogP contribution in [-0.2, 0) is 17.8 Å². The maximum atomic E-state index is 6.21. The second-order valence-electron chi connectivity index (χ2n) is 9.84. The van der Waals surface area contributed by atoms with Gasteiger partial charge in [-0.15, -0.1) is 0 Å². The molecule has 0 saturated carbocycles. The molecule has 0 N–H and O–H groups in total. The van der Waals surface area contributed by atoms with E-state index in [1.54, 1.807) is 0 Å². The van der Waals surface area contributed by atoms with E-state index < -0.39 is 0 Å². The average Bonchev–Trinajstić information content (AvgIpc) is 3.33. The number of nitrogens with zero attached hydrogens (tertiary/aromatic N) is 4. The van der Waals surface area contributed by atoms with Gasteiger partial charge in [0, 0.05) is 45.3 Å². The van der Waals surface area contributed by atoms with Crippen LogP contribution < -0.4 is 9.47 Å². The van der Waals surface area contributed by atoms with Gasteiger partial charge in [-0.1, -0.05) is 18.2 Å². The minimum Gasteiger partial charge on any atom is -0.490 e. The van der Waals surface area contributed by atoms with Crippen molar-refractivity contribution in [2.75, 3.05) is 53.0 Å². The Morgan fingerprint density at radius 3 is 2.54 bits per heavy atom. The van der Waals surface area contributed by atoms with Crippen LogP contribution in [0.3, 0.4) is 0 Å². The van der Waals surface area contributed by atoms with Crippen molar-refractivity contribution in [2.24, 2.45) is 0 Å². The topological polar surface area (TPSA) is 52.0 Å². The molecule has 3 aromatic rings. The Bertz CT molecular complexity index is 1150. The van der Waals surface area contributed by atoms with Crippen LogP contribution in [0.15, 0.2) is 48.7 Å². The fraction of sp³-hybridized carbons (Fsp3) is 0.464. The summed E-state index contributed by atoms with van der Waals surface area (Å²) in [5.41, 5.74) is 4.48. The predicted octanol–water partition coefficient (Wildman–Crippen LogP) is 3.78. The molecule has 35 heavy (non-hydrogen) atoms. The number of morpholine rings is 1. The van der Waals surface area contributed by atoms with E-state index in [0.717, 1.165) is 105 Å². The Morgan fingerprint density at radius 2 is 1.74 bits per heavy atom. The van der Waals surface area contributed by atoms with E-state index in [0.29, 0.717) is 12.7 Å². The second kappa shape index (κ2) is 10.0. The molecule has 0 bridgehead atoms. The summed E-state index contributed by atoms with van der Waals surface area (Å²) in [7, 11) is 2.17. The third-order valence-electron chi connectivity index (χ3n) is 7.35. The Labute approximate surface area is 207 Å². The number of aromatic nitrogens is 2. The smallest absolute Gasteiger partial charge is 0.151 e. The molecule has 6 rings (SSSR count). The predicted molar refractivity (Wildman–Crippen MR) is 135 cm³/mol. The number of imidazole rings is 1. The van der Waals surface area contributed by atoms with Gasteiger partial charge in [-0.05, 0) is 55.3 Å². The van der Waals surface area contributed by atoms with Crippen LogP contribution in [-0.4, -0.2) is 78.4 Å². The summed E-state index contributed by atoms with van der Waals surface area (Å²) < 4.78 is 20.0. The van der Waals surface area contributed by atoms with Gasteiger partial charge in [-0.25, -0.2) is 4.98 Å². The Morgan fingerprint density at radius 1 is 0.971 bits per heavy atom. The quantitative estimate of drug-likeness (QED) is 0.542. The lowest BCUT2D eigenvalue weighted by Crippen LogP contribution is -2.37. The number of benzene rings is 2. The number of likely N-dealkylation sites (tertiary alicyclic amines) is 1. The first-order chi connectivity index (χ1) is 17.2. The number of piperidine rings is 1. The van der Waals surface area contributed by atoms with Gasteiger partial charge in [0.05, 0.1) is 24.6 Å². The molecule has 0 unspecified atom stereocenters. The van der Waals surface area contributed by atoms with Crippen molar-refractivity contribution in [1.29, 1.82) is 0 Å². The van der Waals surface area contributed by atoms with Crippen LogP contribution >= 0.6 is 0 Å². The normalized spacial score (nSPS) is 19.1. The second-order valence-corrected chi connectivity index (χ2v) is 9.84. The molecule has 1 aromatic heterocycles. The summed E-state index contributed by atoms with van der Waals surface area (Å²) in [6, 6.07) is 14.9. The number of fused-ring (bicyclic) bond motifs is 3. The van der Waals surface area contributed by atoms with E-state index in [4.69, 9.17) is 19.2 Å². The number of hydrogen-bond acceptors (Lipinski definition) is 6. The molecule has 3 aliphatic rings. The van der Waals surface area contributed by atoms with Crippen LogP contribution in [0.4, 0.5) is 0 Å². The molecule has 184 valence electrons. The van der Waals surface area contributed by atoms with Gasteiger partial charge in [0.1, 0.15) is 24.2 Å². The molecule has 2 aromatic carbocycles. The van der Waals surface area contributed by atoms with Crippen molar-refractivity contribution in [2.45, 2.75) is 32.0 Å². The number of ether oxygens (including phenoxy) is 3. The zero-order valence-corrected chi connectivity index (χ0v) is 20.5. The van der Waals surface area contributed by atoms with Crippen LogP contribution in [0.1, 0.15) is 24.4 Å². The molecule has 7 nitrogen and oxygen atoms in total. The van der Waals surface area contributed by atoms with Gasteiger partial charge in [-0.2, -0.15) is 0 Å². The molecule has 2 saturated heterocycles. The van der Waals surface area contributed by atoms with Crippen molar-refractivity contribution in [3.05, 3.63) is 60.2 Å². The molecule has 4 heterocycles. The van der Waals surface area contributed by atoms with E-state index >= 15 is 0 Å². The van der Waals surface area contributed by atoms with Crippen LogP contribution in [0.5, 0.6) is 11.5 Å².